The summed E-state index contributed by atoms with van der Waals surface area (Å²) in [6, 6.07) is 22.6. The molecule has 0 radical (unpaired) electrons. The maximum Gasteiger partial charge on any atom is 0.164 e. The van der Waals surface area contributed by atoms with Gasteiger partial charge >= 0.3 is 0 Å². The summed E-state index contributed by atoms with van der Waals surface area (Å²) >= 11 is 0. The minimum atomic E-state index is 0.871. The van der Waals surface area contributed by atoms with Gasteiger partial charge in [-0.15, -0.1) is 0 Å². The van der Waals surface area contributed by atoms with Crippen LogP contribution in [-0.2, 0) is 0 Å². The van der Waals surface area contributed by atoms with Crippen LogP contribution in [-0.4, -0.2) is 28.6 Å². The number of anilines is 1. The number of hydrogen-bond donors (Lipinski definition) is 0. The molecular weight excluding hydrogens is 296 g/mol. The van der Waals surface area contributed by atoms with Gasteiger partial charge in [0, 0.05) is 37.2 Å². The van der Waals surface area contributed by atoms with Gasteiger partial charge in [0.25, 0.3) is 0 Å². The molecule has 0 aliphatic rings. The monoisotopic (exact) mass is 314 g/mol. The molecule has 4 aromatic rings. The Balaban J connectivity index is 1.95. The number of imidazole rings is 1. The maximum absolute atomic E-state index is 4.82. The Hall–Kier alpha value is -3.14. The predicted octanol–water partition coefficient (Wildman–Crippen LogP) is 4.15. The van der Waals surface area contributed by atoms with Gasteiger partial charge in [0.05, 0.1) is 0 Å². The van der Waals surface area contributed by atoms with E-state index in [1.54, 1.807) is 0 Å². The van der Waals surface area contributed by atoms with Gasteiger partial charge in [0.1, 0.15) is 11.3 Å². The number of para-hydroxylation sites is 1. The second-order valence-electron chi connectivity index (χ2n) is 5.89. The van der Waals surface area contributed by atoms with Gasteiger partial charge in [-0.25, -0.2) is 9.97 Å². The van der Waals surface area contributed by atoms with Gasteiger partial charge in [-0.05, 0) is 48.5 Å². The second kappa shape index (κ2) is 5.81. The highest BCUT2D eigenvalue weighted by Gasteiger charge is 2.14. The van der Waals surface area contributed by atoms with Gasteiger partial charge in [-0.2, -0.15) is 0 Å². The highest BCUT2D eigenvalue weighted by Crippen LogP contribution is 2.28. The molecule has 0 N–H and O–H groups in total. The minimum Gasteiger partial charge on any atom is -0.378 e. The summed E-state index contributed by atoms with van der Waals surface area (Å²) in [6.07, 6.45) is 1.81. The van der Waals surface area contributed by atoms with E-state index in [0.717, 1.165) is 28.2 Å². The fourth-order valence-electron chi connectivity index (χ4n) is 2.84. The lowest BCUT2D eigenvalue weighted by Crippen LogP contribution is -2.08. The van der Waals surface area contributed by atoms with E-state index >= 15 is 0 Å². The highest BCUT2D eigenvalue weighted by molar-refractivity contribution is 5.80. The maximum atomic E-state index is 4.82. The lowest BCUT2D eigenvalue weighted by Gasteiger charge is -2.13. The Morgan fingerprint density at radius 2 is 1.58 bits per heavy atom. The van der Waals surface area contributed by atoms with Crippen molar-refractivity contribution in [2.75, 3.05) is 19.0 Å². The molecule has 0 saturated carbocycles. The molecule has 4 nitrogen and oxygen atoms in total. The molecule has 2 heterocycles. The minimum absolute atomic E-state index is 0.871. The molecule has 0 aliphatic carbocycles. The highest BCUT2D eigenvalue weighted by atomic mass is 15.1. The number of pyridine rings is 1. The molecule has 0 spiro atoms. The van der Waals surface area contributed by atoms with Crippen LogP contribution < -0.4 is 4.90 Å². The van der Waals surface area contributed by atoms with Crippen molar-refractivity contribution < 1.29 is 0 Å². The van der Waals surface area contributed by atoms with Crippen LogP contribution in [0.25, 0.3) is 28.2 Å². The molecule has 118 valence electrons. The zero-order valence-electron chi connectivity index (χ0n) is 13.7. The lowest BCUT2D eigenvalue weighted by atomic mass is 10.2. The van der Waals surface area contributed by atoms with Crippen LogP contribution in [0, 0.1) is 0 Å². The van der Waals surface area contributed by atoms with Crippen LogP contribution in [0.1, 0.15) is 0 Å². The van der Waals surface area contributed by atoms with Crippen molar-refractivity contribution >= 4 is 16.9 Å². The fourth-order valence-corrected chi connectivity index (χ4v) is 2.84. The zero-order valence-corrected chi connectivity index (χ0v) is 13.7. The van der Waals surface area contributed by atoms with Gasteiger partial charge in [-0.3, -0.25) is 4.57 Å². The van der Waals surface area contributed by atoms with Crippen molar-refractivity contribution in [1.82, 2.24) is 14.5 Å². The van der Waals surface area contributed by atoms with Crippen molar-refractivity contribution in [3.05, 3.63) is 72.9 Å². The van der Waals surface area contributed by atoms with Crippen LogP contribution in [0.4, 0.5) is 5.69 Å². The summed E-state index contributed by atoms with van der Waals surface area (Å²) < 4.78 is 2.11. The van der Waals surface area contributed by atoms with Gasteiger partial charge < -0.3 is 4.90 Å². The smallest absolute Gasteiger partial charge is 0.164 e. The predicted molar refractivity (Wildman–Crippen MR) is 98.6 cm³/mol. The molecule has 0 aliphatic heterocycles. The number of nitrogens with zero attached hydrogens (tertiary/aromatic N) is 4. The average molecular weight is 314 g/mol. The summed E-state index contributed by atoms with van der Waals surface area (Å²) in [5, 5.41) is 0. The van der Waals surface area contributed by atoms with Crippen LogP contribution in [0.2, 0.25) is 0 Å². The third kappa shape index (κ3) is 2.42. The summed E-state index contributed by atoms with van der Waals surface area (Å²) in [5.74, 6) is 0.903. The topological polar surface area (TPSA) is 34.0 Å². The van der Waals surface area contributed by atoms with Gasteiger partial charge in [-0.1, -0.05) is 18.2 Å². The van der Waals surface area contributed by atoms with E-state index in [-0.39, 0.29) is 0 Å². The molecule has 2 aromatic heterocycles. The first-order valence-electron chi connectivity index (χ1n) is 7.91. The Labute approximate surface area is 141 Å². The summed E-state index contributed by atoms with van der Waals surface area (Å²) in [6.45, 7) is 0. The number of fused-ring (bicyclic) bond motifs is 1. The average Bonchev–Trinajstić information content (AvgIpc) is 3.02. The molecular formula is C20H18N4. The number of aromatic nitrogens is 3. The van der Waals surface area contributed by atoms with Crippen LogP contribution in [0.15, 0.2) is 72.9 Å². The first-order valence-corrected chi connectivity index (χ1v) is 7.91. The number of rotatable bonds is 3. The van der Waals surface area contributed by atoms with Crippen molar-refractivity contribution in [3.63, 3.8) is 0 Å². The number of benzene rings is 2. The number of hydrogen-bond acceptors (Lipinski definition) is 3. The lowest BCUT2D eigenvalue weighted by molar-refractivity contribution is 1.08. The molecule has 4 heteroatoms. The molecule has 0 saturated heterocycles. The van der Waals surface area contributed by atoms with E-state index in [2.05, 4.69) is 50.8 Å². The SMILES string of the molecule is CN(C)c1ccc(-c2nc3cccnc3n2-c2ccccc2)cc1. The fraction of sp³-hybridized carbons (Fsp3) is 0.100. The molecule has 0 fully saturated rings. The van der Waals surface area contributed by atoms with E-state index in [9.17, 15) is 0 Å². The normalized spacial score (nSPS) is 10.9. The molecule has 0 amide bonds. The van der Waals surface area contributed by atoms with Crippen LogP contribution in [0.5, 0.6) is 0 Å². The van der Waals surface area contributed by atoms with E-state index in [4.69, 9.17) is 4.98 Å². The van der Waals surface area contributed by atoms with E-state index in [0.29, 0.717) is 0 Å². The standard InChI is InChI=1S/C20H18N4/c1-23(2)16-12-10-15(11-13-16)19-22-18-9-6-14-21-20(18)24(19)17-7-4-3-5-8-17/h3-14H,1-2H3. The first kappa shape index (κ1) is 14.5. The largest absolute Gasteiger partial charge is 0.378 e. The molecule has 2 aromatic carbocycles. The third-order valence-corrected chi connectivity index (χ3v) is 4.07. The summed E-state index contributed by atoms with van der Waals surface area (Å²) in [5.41, 5.74) is 5.07. The Bertz CT molecular complexity index is 970. The Morgan fingerprint density at radius 3 is 2.29 bits per heavy atom. The van der Waals surface area contributed by atoms with Crippen LogP contribution >= 0.6 is 0 Å². The van der Waals surface area contributed by atoms with Crippen molar-refractivity contribution in [3.8, 4) is 17.1 Å². The van der Waals surface area contributed by atoms with E-state index in [1.807, 2.05) is 50.6 Å². The third-order valence-electron chi connectivity index (χ3n) is 4.07. The van der Waals surface area contributed by atoms with E-state index < -0.39 is 0 Å². The Morgan fingerprint density at radius 1 is 0.833 bits per heavy atom. The molecule has 0 unspecified atom stereocenters. The van der Waals surface area contributed by atoms with Crippen molar-refractivity contribution in [2.45, 2.75) is 0 Å². The molecule has 24 heavy (non-hydrogen) atoms. The molecule has 4 rings (SSSR count). The van der Waals surface area contributed by atoms with Crippen LogP contribution in [0.3, 0.4) is 0 Å². The van der Waals surface area contributed by atoms with Gasteiger partial charge in [0.2, 0.25) is 0 Å². The van der Waals surface area contributed by atoms with Gasteiger partial charge in [0.15, 0.2) is 5.65 Å². The van der Waals surface area contributed by atoms with Crippen molar-refractivity contribution in [2.24, 2.45) is 0 Å². The molecule has 0 bridgehead atoms. The quantitative estimate of drug-likeness (QED) is 0.569. The first-order chi connectivity index (χ1) is 11.7. The summed E-state index contributed by atoms with van der Waals surface area (Å²) in [4.78, 5) is 11.5. The Kier molecular flexibility index (Phi) is 3.50. The molecule has 0 atom stereocenters. The zero-order chi connectivity index (χ0) is 16.5. The van der Waals surface area contributed by atoms with Crippen molar-refractivity contribution in [1.29, 1.82) is 0 Å². The second-order valence-corrected chi connectivity index (χ2v) is 5.89. The summed E-state index contributed by atoms with van der Waals surface area (Å²) in [7, 11) is 4.08. The van der Waals surface area contributed by atoms with E-state index in [1.165, 1.54) is 5.69 Å².